The summed E-state index contributed by atoms with van der Waals surface area (Å²) in [6.45, 7) is 2.80. The molecule has 1 aliphatic heterocycles. The molecular formula is C20H20N6O3. The molecule has 0 spiro atoms. The van der Waals surface area contributed by atoms with Crippen molar-refractivity contribution in [2.24, 2.45) is 0 Å². The van der Waals surface area contributed by atoms with Gasteiger partial charge >= 0.3 is 0 Å². The minimum atomic E-state index is -0.0874. The van der Waals surface area contributed by atoms with Crippen molar-refractivity contribution in [3.05, 3.63) is 54.2 Å². The number of carbonyl (C=O) groups excluding carboxylic acids is 1. The highest BCUT2D eigenvalue weighted by molar-refractivity contribution is 5.93. The van der Waals surface area contributed by atoms with Crippen molar-refractivity contribution in [2.75, 3.05) is 38.2 Å². The molecule has 0 aliphatic carbocycles. The van der Waals surface area contributed by atoms with E-state index >= 15 is 0 Å². The second-order valence-corrected chi connectivity index (χ2v) is 6.89. The first-order valence-electron chi connectivity index (χ1n) is 9.45. The number of hydrogen-bond donors (Lipinski definition) is 0. The normalized spacial score (nSPS) is 14.8. The molecule has 0 unspecified atom stereocenters. The van der Waals surface area contributed by atoms with E-state index in [0.717, 1.165) is 22.5 Å². The van der Waals surface area contributed by atoms with E-state index in [1.165, 1.54) is 6.26 Å². The van der Waals surface area contributed by atoms with Gasteiger partial charge in [0.2, 0.25) is 5.95 Å². The summed E-state index contributed by atoms with van der Waals surface area (Å²) in [4.78, 5) is 21.4. The molecule has 0 N–H and O–H groups in total. The van der Waals surface area contributed by atoms with Gasteiger partial charge in [0.25, 0.3) is 5.91 Å². The molecule has 5 rings (SSSR count). The fourth-order valence-corrected chi connectivity index (χ4v) is 3.72. The maximum Gasteiger partial charge on any atom is 0.289 e. The zero-order chi connectivity index (χ0) is 19.8. The Kier molecular flexibility index (Phi) is 4.36. The highest BCUT2D eigenvalue weighted by Crippen LogP contribution is 2.25. The standard InChI is InChI=1S/C20H20N6O3/c1-28-13-17-22-23-18-14-5-2-3-6-15(14)21-20(26(17)18)25-10-8-24(9-11-25)19(27)16-7-4-12-29-16/h2-7,12H,8-11,13H2,1H3. The highest BCUT2D eigenvalue weighted by Gasteiger charge is 2.27. The summed E-state index contributed by atoms with van der Waals surface area (Å²) in [6.07, 6.45) is 1.52. The summed E-state index contributed by atoms with van der Waals surface area (Å²) in [6, 6.07) is 11.3. The average molecular weight is 392 g/mol. The molecule has 1 aliphatic rings. The number of nitrogens with zero attached hydrogens (tertiary/aromatic N) is 6. The van der Waals surface area contributed by atoms with E-state index < -0.39 is 0 Å². The van der Waals surface area contributed by atoms with Gasteiger partial charge in [-0.05, 0) is 24.3 Å². The van der Waals surface area contributed by atoms with Gasteiger partial charge in [-0.2, -0.15) is 0 Å². The zero-order valence-corrected chi connectivity index (χ0v) is 16.0. The number of aromatic nitrogens is 4. The number of amides is 1. The van der Waals surface area contributed by atoms with Crippen LogP contribution in [0, 0.1) is 0 Å². The number of benzene rings is 1. The van der Waals surface area contributed by atoms with Gasteiger partial charge < -0.3 is 19.0 Å². The van der Waals surface area contributed by atoms with Crippen LogP contribution in [0.2, 0.25) is 0 Å². The van der Waals surface area contributed by atoms with E-state index in [4.69, 9.17) is 14.1 Å². The Hall–Kier alpha value is -3.46. The fraction of sp³-hybridized carbons (Fsp3) is 0.300. The van der Waals surface area contributed by atoms with E-state index in [2.05, 4.69) is 15.1 Å². The Labute approximate surface area is 166 Å². The molecule has 0 atom stereocenters. The largest absolute Gasteiger partial charge is 0.459 e. The lowest BCUT2D eigenvalue weighted by molar-refractivity contribution is 0.0714. The molecule has 1 saturated heterocycles. The summed E-state index contributed by atoms with van der Waals surface area (Å²) in [5, 5.41) is 9.64. The van der Waals surface area contributed by atoms with E-state index in [-0.39, 0.29) is 5.91 Å². The van der Waals surface area contributed by atoms with Crippen molar-refractivity contribution in [1.29, 1.82) is 0 Å². The monoisotopic (exact) mass is 392 g/mol. The van der Waals surface area contributed by atoms with Gasteiger partial charge in [-0.15, -0.1) is 10.2 Å². The molecule has 29 heavy (non-hydrogen) atoms. The maximum atomic E-state index is 12.5. The third-order valence-electron chi connectivity index (χ3n) is 5.15. The molecule has 4 heterocycles. The highest BCUT2D eigenvalue weighted by atomic mass is 16.5. The lowest BCUT2D eigenvalue weighted by Crippen LogP contribution is -2.49. The quantitative estimate of drug-likeness (QED) is 0.525. The van der Waals surface area contributed by atoms with Gasteiger partial charge in [0.15, 0.2) is 17.2 Å². The minimum absolute atomic E-state index is 0.0874. The molecular weight excluding hydrogens is 372 g/mol. The number of anilines is 1. The van der Waals surface area contributed by atoms with Crippen molar-refractivity contribution in [2.45, 2.75) is 6.61 Å². The number of methoxy groups -OCH3 is 1. The summed E-state index contributed by atoms with van der Waals surface area (Å²) in [5.74, 6) is 1.74. The zero-order valence-electron chi connectivity index (χ0n) is 16.0. The third kappa shape index (κ3) is 2.99. The predicted molar refractivity (Wildman–Crippen MR) is 106 cm³/mol. The number of furan rings is 1. The first kappa shape index (κ1) is 17.6. The van der Waals surface area contributed by atoms with Crippen molar-refractivity contribution >= 4 is 28.4 Å². The van der Waals surface area contributed by atoms with Gasteiger partial charge in [-0.1, -0.05) is 12.1 Å². The number of para-hydroxylation sites is 1. The van der Waals surface area contributed by atoms with E-state index in [1.54, 1.807) is 24.1 Å². The van der Waals surface area contributed by atoms with Gasteiger partial charge in [0.05, 0.1) is 11.8 Å². The number of carbonyl (C=O) groups is 1. The summed E-state index contributed by atoms with van der Waals surface area (Å²) in [5.41, 5.74) is 1.62. The van der Waals surface area contributed by atoms with E-state index in [0.29, 0.717) is 44.4 Å². The van der Waals surface area contributed by atoms with Crippen LogP contribution in [0.15, 0.2) is 47.1 Å². The lowest BCUT2D eigenvalue weighted by atomic mass is 10.2. The molecule has 0 bridgehead atoms. The number of fused-ring (bicyclic) bond motifs is 3. The Morgan fingerprint density at radius 3 is 2.69 bits per heavy atom. The second kappa shape index (κ2) is 7.17. The molecule has 4 aromatic rings. The maximum absolute atomic E-state index is 12.5. The van der Waals surface area contributed by atoms with Gasteiger partial charge in [-0.3, -0.25) is 4.79 Å². The molecule has 1 fully saturated rings. The topological polar surface area (TPSA) is 89.0 Å². The molecule has 9 nitrogen and oxygen atoms in total. The van der Waals surface area contributed by atoms with Crippen molar-refractivity contribution < 1.29 is 13.9 Å². The van der Waals surface area contributed by atoms with Crippen LogP contribution in [0.5, 0.6) is 0 Å². The summed E-state index contributed by atoms with van der Waals surface area (Å²) < 4.78 is 12.5. The van der Waals surface area contributed by atoms with Crippen molar-refractivity contribution in [1.82, 2.24) is 24.5 Å². The molecule has 9 heteroatoms. The Balaban J connectivity index is 1.49. The Bertz CT molecular complexity index is 1160. The number of rotatable bonds is 4. The van der Waals surface area contributed by atoms with Crippen LogP contribution in [-0.4, -0.2) is 63.7 Å². The van der Waals surface area contributed by atoms with Crippen LogP contribution in [0.1, 0.15) is 16.4 Å². The summed E-state index contributed by atoms with van der Waals surface area (Å²) >= 11 is 0. The van der Waals surface area contributed by atoms with Crippen LogP contribution in [-0.2, 0) is 11.3 Å². The molecule has 1 aromatic carbocycles. The molecule has 3 aromatic heterocycles. The number of piperazine rings is 1. The Morgan fingerprint density at radius 1 is 1.10 bits per heavy atom. The van der Waals surface area contributed by atoms with Crippen LogP contribution < -0.4 is 4.90 Å². The van der Waals surface area contributed by atoms with E-state index in [9.17, 15) is 4.79 Å². The smallest absolute Gasteiger partial charge is 0.289 e. The molecule has 0 saturated carbocycles. The molecule has 1 amide bonds. The first-order valence-corrected chi connectivity index (χ1v) is 9.45. The van der Waals surface area contributed by atoms with Gasteiger partial charge in [0, 0.05) is 38.7 Å². The average Bonchev–Trinajstić information content (AvgIpc) is 3.44. The van der Waals surface area contributed by atoms with Crippen molar-refractivity contribution in [3.63, 3.8) is 0 Å². The predicted octanol–water partition coefficient (Wildman–Crippen LogP) is 1.98. The fourth-order valence-electron chi connectivity index (χ4n) is 3.72. The SMILES string of the molecule is COCc1nnc2c3ccccc3nc(N3CCN(C(=O)c4ccco4)CC3)n12. The van der Waals surface area contributed by atoms with Crippen LogP contribution in [0.3, 0.4) is 0 Å². The number of ether oxygens (including phenoxy) is 1. The van der Waals surface area contributed by atoms with Crippen LogP contribution in [0.25, 0.3) is 16.6 Å². The lowest BCUT2D eigenvalue weighted by Gasteiger charge is -2.35. The second-order valence-electron chi connectivity index (χ2n) is 6.89. The minimum Gasteiger partial charge on any atom is -0.459 e. The van der Waals surface area contributed by atoms with Crippen molar-refractivity contribution in [3.8, 4) is 0 Å². The van der Waals surface area contributed by atoms with Crippen LogP contribution >= 0.6 is 0 Å². The molecule has 0 radical (unpaired) electrons. The number of hydrogen-bond acceptors (Lipinski definition) is 7. The molecule has 148 valence electrons. The van der Waals surface area contributed by atoms with Gasteiger partial charge in [-0.25, -0.2) is 9.38 Å². The third-order valence-corrected chi connectivity index (χ3v) is 5.15. The van der Waals surface area contributed by atoms with E-state index in [1.807, 2.05) is 28.7 Å². The Morgan fingerprint density at radius 2 is 1.93 bits per heavy atom. The van der Waals surface area contributed by atoms with Gasteiger partial charge in [0.1, 0.15) is 6.61 Å². The van der Waals surface area contributed by atoms with Crippen LogP contribution in [0.4, 0.5) is 5.95 Å². The summed E-state index contributed by atoms with van der Waals surface area (Å²) in [7, 11) is 1.63. The first-order chi connectivity index (χ1) is 14.3.